The van der Waals surface area contributed by atoms with Gasteiger partial charge < -0.3 is 55.4 Å². The van der Waals surface area contributed by atoms with Gasteiger partial charge in [0.2, 0.25) is 0 Å². The summed E-state index contributed by atoms with van der Waals surface area (Å²) in [5.41, 5.74) is 1.80. The first-order valence-electron chi connectivity index (χ1n) is 12.7. The van der Waals surface area contributed by atoms with Gasteiger partial charge in [-0.15, -0.1) is 0 Å². The van der Waals surface area contributed by atoms with Gasteiger partial charge in [0.05, 0.1) is 6.10 Å². The van der Waals surface area contributed by atoms with Crippen LogP contribution in [-0.4, -0.2) is 58.2 Å². The number of phenols is 7. The summed E-state index contributed by atoms with van der Waals surface area (Å²) in [6.07, 6.45) is -4.48. The molecule has 0 fully saturated rings. The van der Waals surface area contributed by atoms with Crippen LogP contribution in [0.5, 0.6) is 51.7 Å². The van der Waals surface area contributed by atoms with E-state index in [1.807, 2.05) is 0 Å². The molecule has 0 saturated carbocycles. The lowest BCUT2D eigenvalue weighted by Gasteiger charge is -2.38. The molecule has 0 unspecified atom stereocenters. The van der Waals surface area contributed by atoms with Gasteiger partial charge in [0.1, 0.15) is 29.1 Å². The Morgan fingerprint density at radius 2 is 1.24 bits per heavy atom. The number of hydrogen-bond donors (Lipinski definition) is 9. The van der Waals surface area contributed by atoms with E-state index < -0.39 is 53.3 Å². The smallest absolute Gasteiger partial charge is 0.200 e. The van der Waals surface area contributed by atoms with Crippen LogP contribution in [0.2, 0.25) is 0 Å². The molecule has 0 amide bonds. The highest BCUT2D eigenvalue weighted by Gasteiger charge is 2.42. The van der Waals surface area contributed by atoms with Gasteiger partial charge in [0, 0.05) is 41.2 Å². The summed E-state index contributed by atoms with van der Waals surface area (Å²) in [6.45, 7) is 0. The molecule has 2 aliphatic heterocycles. The molecule has 0 radical (unpaired) electrons. The van der Waals surface area contributed by atoms with Gasteiger partial charge in [-0.05, 0) is 47.5 Å². The van der Waals surface area contributed by atoms with Crippen molar-refractivity contribution in [3.8, 4) is 51.7 Å². The molecule has 9 N–H and O–H groups in total. The van der Waals surface area contributed by atoms with E-state index in [4.69, 9.17) is 9.47 Å². The third-order valence-corrected chi connectivity index (χ3v) is 7.56. The third kappa shape index (κ3) is 4.41. The van der Waals surface area contributed by atoms with Crippen molar-refractivity contribution in [2.75, 3.05) is 0 Å². The van der Waals surface area contributed by atoms with Crippen molar-refractivity contribution < 1.29 is 55.4 Å². The summed E-state index contributed by atoms with van der Waals surface area (Å²) >= 11 is 0. The van der Waals surface area contributed by atoms with E-state index in [2.05, 4.69) is 0 Å². The highest BCUT2D eigenvalue weighted by Crippen LogP contribution is 2.51. The standard InChI is InChI=1S/C30H26O11/c31-15-2-3-16-25(10-15)41-30(12-1-4-18(32)20(34)6-12)28(39)26(16)17-5-13-7-23(37)29(40-24(13)11-19(17)33)14-8-21(35)27(38)22(36)9-14/h1-6,8-11,23,26,28-39H,7H2/t23-,26+,28-,29+,30+/m0/s1. The van der Waals surface area contributed by atoms with Crippen LogP contribution in [0.15, 0.2) is 60.7 Å². The number of phenolic OH excluding ortho intramolecular Hbond substituents is 7. The summed E-state index contributed by atoms with van der Waals surface area (Å²) < 4.78 is 12.0. The molecule has 5 atom stereocenters. The number of aliphatic hydroxyl groups is 2. The highest BCUT2D eigenvalue weighted by atomic mass is 16.5. The second-order valence-corrected chi connectivity index (χ2v) is 10.2. The Morgan fingerprint density at radius 3 is 1.95 bits per heavy atom. The number of ether oxygens (including phenoxy) is 2. The van der Waals surface area contributed by atoms with E-state index >= 15 is 0 Å². The number of benzene rings is 4. The van der Waals surface area contributed by atoms with Gasteiger partial charge in [0.15, 0.2) is 41.0 Å². The summed E-state index contributed by atoms with van der Waals surface area (Å²) in [5.74, 6) is -3.40. The summed E-state index contributed by atoms with van der Waals surface area (Å²) in [5, 5.41) is 93.0. The van der Waals surface area contributed by atoms with Gasteiger partial charge in [-0.3, -0.25) is 0 Å². The number of fused-ring (bicyclic) bond motifs is 2. The van der Waals surface area contributed by atoms with Crippen molar-refractivity contribution in [1.29, 1.82) is 0 Å². The molecule has 2 aliphatic rings. The van der Waals surface area contributed by atoms with Crippen molar-refractivity contribution in [1.82, 2.24) is 0 Å². The maximum absolute atomic E-state index is 11.6. The third-order valence-electron chi connectivity index (χ3n) is 7.56. The topological polar surface area (TPSA) is 201 Å². The predicted octanol–water partition coefficient (Wildman–Crippen LogP) is 3.29. The molecule has 0 aliphatic carbocycles. The number of aliphatic hydroxyl groups excluding tert-OH is 2. The number of aromatic hydroxyl groups is 7. The molecule has 0 bridgehead atoms. The Kier molecular flexibility index (Phi) is 6.13. The van der Waals surface area contributed by atoms with Crippen molar-refractivity contribution in [2.45, 2.75) is 36.8 Å². The fourth-order valence-corrected chi connectivity index (χ4v) is 5.56. The Morgan fingerprint density at radius 1 is 0.561 bits per heavy atom. The van der Waals surface area contributed by atoms with Crippen molar-refractivity contribution in [3.63, 3.8) is 0 Å². The first kappa shape index (κ1) is 26.2. The summed E-state index contributed by atoms with van der Waals surface area (Å²) in [7, 11) is 0. The molecule has 212 valence electrons. The van der Waals surface area contributed by atoms with Crippen LogP contribution in [0.4, 0.5) is 0 Å². The van der Waals surface area contributed by atoms with E-state index in [1.54, 1.807) is 12.1 Å². The normalized spacial score (nSPS) is 23.1. The fourth-order valence-electron chi connectivity index (χ4n) is 5.56. The Balaban J connectivity index is 1.41. The monoisotopic (exact) mass is 562 g/mol. The zero-order chi connectivity index (χ0) is 29.2. The predicted molar refractivity (Wildman–Crippen MR) is 142 cm³/mol. The van der Waals surface area contributed by atoms with E-state index in [-0.39, 0.29) is 46.3 Å². The SMILES string of the molecule is Oc1ccc2c(c1)O[C@H](c1ccc(O)c(O)c1)[C@@H](O)[C@H]2c1cc2c(cc1O)O[C@H](c1cc(O)c(O)c(O)c1)[C@@H](O)C2. The van der Waals surface area contributed by atoms with Gasteiger partial charge >= 0.3 is 0 Å². The maximum Gasteiger partial charge on any atom is 0.200 e. The van der Waals surface area contributed by atoms with Crippen molar-refractivity contribution in [2.24, 2.45) is 0 Å². The maximum atomic E-state index is 11.6. The lowest BCUT2D eigenvalue weighted by Crippen LogP contribution is -2.35. The average Bonchev–Trinajstić information content (AvgIpc) is 2.92. The quantitative estimate of drug-likeness (QED) is 0.166. The van der Waals surface area contributed by atoms with Crippen LogP contribution >= 0.6 is 0 Å². The molecule has 41 heavy (non-hydrogen) atoms. The van der Waals surface area contributed by atoms with Crippen LogP contribution < -0.4 is 9.47 Å². The number of hydrogen-bond acceptors (Lipinski definition) is 11. The molecule has 11 heteroatoms. The average molecular weight is 563 g/mol. The highest BCUT2D eigenvalue weighted by molar-refractivity contribution is 5.57. The molecule has 4 aromatic carbocycles. The number of rotatable bonds is 3. The van der Waals surface area contributed by atoms with E-state index in [9.17, 15) is 46.0 Å². The van der Waals surface area contributed by atoms with Gasteiger partial charge in [-0.25, -0.2) is 0 Å². The minimum atomic E-state index is -1.30. The summed E-state index contributed by atoms with van der Waals surface area (Å²) in [6, 6.07) is 13.6. The van der Waals surface area contributed by atoms with Gasteiger partial charge in [0.25, 0.3) is 0 Å². The minimum Gasteiger partial charge on any atom is -0.508 e. The molecule has 11 nitrogen and oxygen atoms in total. The zero-order valence-electron chi connectivity index (χ0n) is 21.2. The lowest BCUT2D eigenvalue weighted by molar-refractivity contribution is 0.00729. The molecule has 0 spiro atoms. The fraction of sp³-hybridized carbons (Fsp3) is 0.200. The zero-order valence-corrected chi connectivity index (χ0v) is 21.2. The first-order valence-corrected chi connectivity index (χ1v) is 12.7. The van der Waals surface area contributed by atoms with Crippen molar-refractivity contribution >= 4 is 0 Å². The van der Waals surface area contributed by atoms with Gasteiger partial charge in [-0.2, -0.15) is 0 Å². The molecule has 2 heterocycles. The second kappa shape index (κ2) is 9.58. The van der Waals surface area contributed by atoms with Crippen molar-refractivity contribution in [3.05, 3.63) is 88.5 Å². The Bertz CT molecular complexity index is 1640. The van der Waals surface area contributed by atoms with E-state index in [0.29, 0.717) is 16.7 Å². The second-order valence-electron chi connectivity index (χ2n) is 10.2. The molecular weight excluding hydrogens is 536 g/mol. The largest absolute Gasteiger partial charge is 0.508 e. The Hall–Kier alpha value is -5.00. The molecule has 0 saturated heterocycles. The molecule has 6 rings (SSSR count). The van der Waals surface area contributed by atoms with Crippen LogP contribution in [0, 0.1) is 0 Å². The van der Waals surface area contributed by atoms with Crippen LogP contribution in [0.3, 0.4) is 0 Å². The van der Waals surface area contributed by atoms with Crippen LogP contribution in [0.25, 0.3) is 0 Å². The lowest BCUT2D eigenvalue weighted by atomic mass is 9.78. The minimum absolute atomic E-state index is 0.0483. The molecule has 4 aromatic rings. The van der Waals surface area contributed by atoms with Crippen LogP contribution in [0.1, 0.15) is 45.9 Å². The summed E-state index contributed by atoms with van der Waals surface area (Å²) in [4.78, 5) is 0. The Labute approximate surface area is 232 Å². The molecular formula is C30H26O11. The first-order chi connectivity index (χ1) is 19.5. The molecule has 0 aromatic heterocycles. The van der Waals surface area contributed by atoms with Crippen LogP contribution in [-0.2, 0) is 6.42 Å². The van der Waals surface area contributed by atoms with E-state index in [1.165, 1.54) is 36.4 Å². The van der Waals surface area contributed by atoms with E-state index in [0.717, 1.165) is 12.1 Å². The van der Waals surface area contributed by atoms with Gasteiger partial charge in [-0.1, -0.05) is 12.1 Å².